The number of rotatable bonds is 5. The fraction of sp³-hybridized carbons (Fsp3) is 0.389. The van der Waals surface area contributed by atoms with E-state index >= 15 is 0 Å². The molecule has 0 aliphatic carbocycles. The highest BCUT2D eigenvalue weighted by Crippen LogP contribution is 2.09. The number of benzene rings is 1. The largest absolute Gasteiger partial charge is 0.350 e. The molecule has 6 nitrogen and oxygen atoms in total. The Labute approximate surface area is 142 Å². The van der Waals surface area contributed by atoms with Crippen LogP contribution in [-0.4, -0.2) is 58.4 Å². The van der Waals surface area contributed by atoms with Gasteiger partial charge in [-0.05, 0) is 18.2 Å². The molecular weight excluding hydrogens is 302 g/mol. The van der Waals surface area contributed by atoms with Crippen LogP contribution in [0.4, 0.5) is 5.95 Å². The zero-order chi connectivity index (χ0) is 16.8. The van der Waals surface area contributed by atoms with Gasteiger partial charge in [0.15, 0.2) is 0 Å². The number of piperazine rings is 1. The van der Waals surface area contributed by atoms with E-state index in [9.17, 15) is 4.79 Å². The number of hydrogen-bond acceptors (Lipinski definition) is 5. The fourth-order valence-corrected chi connectivity index (χ4v) is 2.77. The lowest BCUT2D eigenvalue weighted by molar-refractivity contribution is 0.0637. The third-order valence-electron chi connectivity index (χ3n) is 4.27. The van der Waals surface area contributed by atoms with Crippen LogP contribution in [0.1, 0.15) is 23.0 Å². The minimum Gasteiger partial charge on any atom is -0.350 e. The molecule has 3 rings (SSSR count). The second kappa shape index (κ2) is 7.88. The summed E-state index contributed by atoms with van der Waals surface area (Å²) in [5.41, 5.74) is 1.60. The highest BCUT2D eigenvalue weighted by molar-refractivity contribution is 5.92. The summed E-state index contributed by atoms with van der Waals surface area (Å²) in [6.07, 6.45) is 1.63. The molecule has 0 atom stereocenters. The summed E-state index contributed by atoms with van der Waals surface area (Å²) in [4.78, 5) is 25.4. The first-order chi connectivity index (χ1) is 11.8. The molecule has 1 aliphatic rings. The van der Waals surface area contributed by atoms with Gasteiger partial charge in [0.25, 0.3) is 5.91 Å². The number of hydrogen-bond donors (Lipinski definition) is 1. The smallest absolute Gasteiger partial charge is 0.272 e. The van der Waals surface area contributed by atoms with E-state index in [2.05, 4.69) is 27.1 Å². The lowest BCUT2D eigenvalue weighted by Crippen LogP contribution is -2.48. The molecule has 1 N–H and O–H groups in total. The number of carbonyl (C=O) groups excluding carboxylic acids is 1. The topological polar surface area (TPSA) is 61.4 Å². The van der Waals surface area contributed by atoms with Crippen molar-refractivity contribution in [1.29, 1.82) is 0 Å². The number of amides is 1. The molecule has 2 aromatic rings. The standard InChI is InChI=1S/C18H23N5O/c1-2-22-10-12-23(13-11-22)17(24)16-8-9-19-18(21-16)20-14-15-6-4-3-5-7-15/h3-9H,2,10-14H2,1H3,(H,19,20,21). The number of aromatic nitrogens is 2. The Kier molecular flexibility index (Phi) is 5.38. The minimum atomic E-state index is -0.0177. The zero-order valence-electron chi connectivity index (χ0n) is 14.0. The van der Waals surface area contributed by atoms with Crippen molar-refractivity contribution >= 4 is 11.9 Å². The van der Waals surface area contributed by atoms with Gasteiger partial charge < -0.3 is 15.1 Å². The summed E-state index contributed by atoms with van der Waals surface area (Å²) < 4.78 is 0. The van der Waals surface area contributed by atoms with Gasteiger partial charge in [-0.25, -0.2) is 9.97 Å². The van der Waals surface area contributed by atoms with Crippen molar-refractivity contribution in [3.63, 3.8) is 0 Å². The summed E-state index contributed by atoms with van der Waals surface area (Å²) in [5, 5.41) is 3.17. The zero-order valence-corrected chi connectivity index (χ0v) is 14.0. The van der Waals surface area contributed by atoms with E-state index in [1.54, 1.807) is 12.3 Å². The summed E-state index contributed by atoms with van der Waals surface area (Å²) in [6, 6.07) is 11.7. The molecule has 0 saturated carbocycles. The molecule has 0 bridgehead atoms. The van der Waals surface area contributed by atoms with Crippen LogP contribution in [0.15, 0.2) is 42.6 Å². The Morgan fingerprint density at radius 3 is 2.58 bits per heavy atom. The molecule has 1 amide bonds. The number of carbonyl (C=O) groups is 1. The third kappa shape index (κ3) is 4.08. The van der Waals surface area contributed by atoms with Gasteiger partial charge in [0.2, 0.25) is 5.95 Å². The first kappa shape index (κ1) is 16.4. The molecule has 0 radical (unpaired) electrons. The van der Waals surface area contributed by atoms with Crippen molar-refractivity contribution in [2.24, 2.45) is 0 Å². The maximum absolute atomic E-state index is 12.6. The SMILES string of the molecule is CCN1CCN(C(=O)c2ccnc(NCc3ccccc3)n2)CC1. The quantitative estimate of drug-likeness (QED) is 0.909. The van der Waals surface area contributed by atoms with Gasteiger partial charge in [-0.2, -0.15) is 0 Å². The van der Waals surface area contributed by atoms with Gasteiger partial charge in [-0.3, -0.25) is 4.79 Å². The Bertz CT molecular complexity index is 668. The number of nitrogens with one attached hydrogen (secondary N) is 1. The molecule has 1 fully saturated rings. The van der Waals surface area contributed by atoms with Gasteiger partial charge in [0.1, 0.15) is 5.69 Å². The van der Waals surface area contributed by atoms with E-state index < -0.39 is 0 Å². The lowest BCUT2D eigenvalue weighted by Gasteiger charge is -2.33. The molecule has 0 unspecified atom stereocenters. The Hall–Kier alpha value is -2.47. The van der Waals surface area contributed by atoms with Gasteiger partial charge in [-0.15, -0.1) is 0 Å². The van der Waals surface area contributed by atoms with E-state index in [0.29, 0.717) is 18.2 Å². The summed E-state index contributed by atoms with van der Waals surface area (Å²) in [5.74, 6) is 0.466. The Morgan fingerprint density at radius 2 is 1.88 bits per heavy atom. The van der Waals surface area contributed by atoms with Crippen molar-refractivity contribution in [3.8, 4) is 0 Å². The first-order valence-electron chi connectivity index (χ1n) is 8.38. The predicted octanol–water partition coefficient (Wildman–Crippen LogP) is 1.87. The predicted molar refractivity (Wildman–Crippen MR) is 93.8 cm³/mol. The molecule has 6 heteroatoms. The molecule has 1 saturated heterocycles. The average molecular weight is 325 g/mol. The minimum absolute atomic E-state index is 0.0177. The van der Waals surface area contributed by atoms with Gasteiger partial charge in [0, 0.05) is 38.9 Å². The summed E-state index contributed by atoms with van der Waals surface area (Å²) in [7, 11) is 0. The van der Waals surface area contributed by atoms with Gasteiger partial charge in [-0.1, -0.05) is 37.3 Å². The second-order valence-corrected chi connectivity index (χ2v) is 5.83. The molecule has 2 heterocycles. The van der Waals surface area contributed by atoms with Crippen LogP contribution in [0, 0.1) is 0 Å². The monoisotopic (exact) mass is 325 g/mol. The average Bonchev–Trinajstić information content (AvgIpc) is 2.67. The molecule has 1 aliphatic heterocycles. The third-order valence-corrected chi connectivity index (χ3v) is 4.27. The second-order valence-electron chi connectivity index (χ2n) is 5.83. The molecule has 24 heavy (non-hydrogen) atoms. The first-order valence-corrected chi connectivity index (χ1v) is 8.38. The van der Waals surface area contributed by atoms with Crippen molar-refractivity contribution in [1.82, 2.24) is 19.8 Å². The van der Waals surface area contributed by atoms with Crippen LogP contribution in [0.25, 0.3) is 0 Å². The molecule has 126 valence electrons. The van der Waals surface area contributed by atoms with Crippen LogP contribution >= 0.6 is 0 Å². The van der Waals surface area contributed by atoms with Gasteiger partial charge >= 0.3 is 0 Å². The van der Waals surface area contributed by atoms with E-state index in [4.69, 9.17) is 0 Å². The van der Waals surface area contributed by atoms with E-state index in [1.807, 2.05) is 35.2 Å². The molecular formula is C18H23N5O. The van der Waals surface area contributed by atoms with Crippen molar-refractivity contribution in [3.05, 3.63) is 53.9 Å². The van der Waals surface area contributed by atoms with Crippen LogP contribution in [0.3, 0.4) is 0 Å². The van der Waals surface area contributed by atoms with Crippen LogP contribution in [-0.2, 0) is 6.54 Å². The number of nitrogens with zero attached hydrogens (tertiary/aromatic N) is 4. The maximum atomic E-state index is 12.6. The van der Waals surface area contributed by atoms with Crippen LogP contribution in [0.5, 0.6) is 0 Å². The van der Waals surface area contributed by atoms with Crippen LogP contribution in [0.2, 0.25) is 0 Å². The Morgan fingerprint density at radius 1 is 1.12 bits per heavy atom. The van der Waals surface area contributed by atoms with E-state index in [1.165, 1.54) is 0 Å². The highest BCUT2D eigenvalue weighted by atomic mass is 16.2. The molecule has 1 aromatic carbocycles. The number of likely N-dealkylation sites (N-methyl/N-ethyl adjacent to an activating group) is 1. The summed E-state index contributed by atoms with van der Waals surface area (Å²) >= 11 is 0. The van der Waals surface area contributed by atoms with E-state index in [-0.39, 0.29) is 5.91 Å². The highest BCUT2D eigenvalue weighted by Gasteiger charge is 2.22. The number of anilines is 1. The lowest BCUT2D eigenvalue weighted by atomic mass is 10.2. The molecule has 1 aromatic heterocycles. The van der Waals surface area contributed by atoms with Crippen molar-refractivity contribution < 1.29 is 4.79 Å². The normalized spacial score (nSPS) is 15.3. The van der Waals surface area contributed by atoms with Gasteiger partial charge in [0.05, 0.1) is 0 Å². The maximum Gasteiger partial charge on any atom is 0.272 e. The van der Waals surface area contributed by atoms with Crippen LogP contribution < -0.4 is 5.32 Å². The van der Waals surface area contributed by atoms with Crippen molar-refractivity contribution in [2.75, 3.05) is 38.0 Å². The summed E-state index contributed by atoms with van der Waals surface area (Å²) in [6.45, 7) is 7.16. The molecule has 0 spiro atoms. The van der Waals surface area contributed by atoms with E-state index in [0.717, 1.165) is 38.3 Å². The van der Waals surface area contributed by atoms with Crippen molar-refractivity contribution in [2.45, 2.75) is 13.5 Å². The Balaban J connectivity index is 1.61. The fourth-order valence-electron chi connectivity index (χ4n) is 2.77.